The van der Waals surface area contributed by atoms with Crippen molar-refractivity contribution in [1.82, 2.24) is 19.4 Å². The van der Waals surface area contributed by atoms with E-state index < -0.39 is 0 Å². The van der Waals surface area contributed by atoms with E-state index in [-0.39, 0.29) is 12.1 Å². The third kappa shape index (κ3) is 4.34. The number of likely N-dealkylation sites (tertiary alicyclic amines) is 1. The van der Waals surface area contributed by atoms with E-state index in [9.17, 15) is 4.79 Å². The normalized spacial score (nSPS) is 17.0. The van der Waals surface area contributed by atoms with Crippen LogP contribution >= 0.6 is 0 Å². The molecule has 1 aliphatic rings. The molecular weight excluding hydrogens is 386 g/mol. The van der Waals surface area contributed by atoms with Crippen molar-refractivity contribution in [3.05, 3.63) is 36.4 Å². The minimum absolute atomic E-state index is 0.207. The number of carbonyl (C=O) groups excluding carboxylic acids is 1. The highest BCUT2D eigenvalue weighted by Gasteiger charge is 2.23. The Bertz CT molecular complexity index is 998. The number of furan rings is 1. The summed E-state index contributed by atoms with van der Waals surface area (Å²) in [6, 6.07) is 5.80. The van der Waals surface area contributed by atoms with Gasteiger partial charge in [-0.2, -0.15) is 0 Å². The molecule has 3 aromatic rings. The van der Waals surface area contributed by atoms with E-state index in [1.54, 1.807) is 24.3 Å². The van der Waals surface area contributed by atoms with Gasteiger partial charge in [0, 0.05) is 31.4 Å². The Morgan fingerprint density at radius 1 is 1.30 bits per heavy atom. The van der Waals surface area contributed by atoms with Gasteiger partial charge in [0.25, 0.3) is 5.95 Å². The molecule has 0 aromatic carbocycles. The Hall–Kier alpha value is -3.23. The van der Waals surface area contributed by atoms with Gasteiger partial charge in [0.15, 0.2) is 0 Å². The molecule has 0 bridgehead atoms. The van der Waals surface area contributed by atoms with Crippen molar-refractivity contribution >= 4 is 23.1 Å². The maximum atomic E-state index is 12.1. The van der Waals surface area contributed by atoms with Gasteiger partial charge in [0.1, 0.15) is 5.76 Å². The average Bonchev–Trinajstić information content (AvgIpc) is 3.26. The zero-order valence-electron chi connectivity index (χ0n) is 17.3. The predicted octanol–water partition coefficient (Wildman–Crippen LogP) is 3.50. The van der Waals surface area contributed by atoms with E-state index in [4.69, 9.17) is 18.9 Å². The van der Waals surface area contributed by atoms with Gasteiger partial charge < -0.3 is 28.7 Å². The molecule has 0 spiro atoms. The van der Waals surface area contributed by atoms with Crippen LogP contribution in [0.4, 0.5) is 10.7 Å². The van der Waals surface area contributed by atoms with E-state index in [0.29, 0.717) is 32.2 Å². The van der Waals surface area contributed by atoms with Gasteiger partial charge in [-0.05, 0) is 38.3 Å². The van der Waals surface area contributed by atoms with Gasteiger partial charge in [0.2, 0.25) is 5.95 Å². The van der Waals surface area contributed by atoms with Gasteiger partial charge in [-0.15, -0.1) is 0 Å². The number of aromatic nitrogens is 3. The number of methoxy groups -OCH3 is 1. The topological polar surface area (TPSA) is 94.7 Å². The molecule has 1 amide bonds. The van der Waals surface area contributed by atoms with E-state index in [0.717, 1.165) is 42.0 Å². The second kappa shape index (κ2) is 9.06. The van der Waals surface area contributed by atoms with Crippen LogP contribution in [0.1, 0.15) is 31.9 Å². The van der Waals surface area contributed by atoms with Gasteiger partial charge in [-0.1, -0.05) is 0 Å². The molecule has 0 saturated carbocycles. The number of pyridine rings is 1. The summed E-state index contributed by atoms with van der Waals surface area (Å²) >= 11 is 0. The van der Waals surface area contributed by atoms with Crippen LogP contribution < -0.4 is 10.1 Å². The second-order valence-electron chi connectivity index (χ2n) is 7.27. The Kier molecular flexibility index (Phi) is 6.06. The summed E-state index contributed by atoms with van der Waals surface area (Å²) in [5.41, 5.74) is 1.80. The van der Waals surface area contributed by atoms with Crippen molar-refractivity contribution in [2.45, 2.75) is 38.8 Å². The first-order valence-electron chi connectivity index (χ1n) is 10.3. The first kappa shape index (κ1) is 20.1. The number of fused-ring (bicyclic) bond motifs is 1. The van der Waals surface area contributed by atoms with Crippen LogP contribution in [-0.4, -0.2) is 58.4 Å². The quantitative estimate of drug-likeness (QED) is 0.661. The van der Waals surface area contributed by atoms with Gasteiger partial charge in [-0.25, -0.2) is 9.78 Å². The van der Waals surface area contributed by atoms with E-state index >= 15 is 0 Å². The number of carbonyl (C=O) groups is 1. The Balaban J connectivity index is 1.53. The van der Waals surface area contributed by atoms with Crippen molar-refractivity contribution in [2.24, 2.45) is 0 Å². The summed E-state index contributed by atoms with van der Waals surface area (Å²) in [5.74, 6) is 2.01. The monoisotopic (exact) mass is 413 g/mol. The summed E-state index contributed by atoms with van der Waals surface area (Å²) in [5, 5.41) is 3.58. The van der Waals surface area contributed by atoms with Crippen molar-refractivity contribution in [2.75, 3.05) is 32.1 Å². The highest BCUT2D eigenvalue weighted by Crippen LogP contribution is 2.25. The van der Waals surface area contributed by atoms with Crippen molar-refractivity contribution < 1.29 is 18.7 Å². The standard InChI is InChI=1S/C21H27N5O4/c1-3-29-21(27)25-11-4-5-15(9-12-25)23-20-24-17-8-10-22-13-18(17)26(20)14-16-6-7-19(28-2)30-16/h6-8,10,13,15H,3-5,9,11-12,14H2,1-2H3,(H,23,24). The zero-order valence-corrected chi connectivity index (χ0v) is 17.3. The molecule has 1 aliphatic heterocycles. The molecule has 1 unspecified atom stereocenters. The third-order valence-corrected chi connectivity index (χ3v) is 5.29. The van der Waals surface area contributed by atoms with Crippen LogP contribution in [0.25, 0.3) is 11.0 Å². The molecule has 9 nitrogen and oxygen atoms in total. The highest BCUT2D eigenvalue weighted by molar-refractivity contribution is 5.77. The molecule has 3 aromatic heterocycles. The summed E-state index contributed by atoms with van der Waals surface area (Å²) in [4.78, 5) is 22.9. The first-order chi connectivity index (χ1) is 14.7. The minimum Gasteiger partial charge on any atom is -0.468 e. The van der Waals surface area contributed by atoms with Crippen LogP contribution in [0.2, 0.25) is 0 Å². The summed E-state index contributed by atoms with van der Waals surface area (Å²) in [6.07, 6.45) is 6.00. The lowest BCUT2D eigenvalue weighted by molar-refractivity contribution is 0.108. The van der Waals surface area contributed by atoms with Crippen LogP contribution in [0, 0.1) is 0 Å². The zero-order chi connectivity index (χ0) is 20.9. The maximum absolute atomic E-state index is 12.1. The van der Waals surface area contributed by atoms with E-state index in [1.165, 1.54) is 0 Å². The maximum Gasteiger partial charge on any atom is 0.409 e. The third-order valence-electron chi connectivity index (χ3n) is 5.29. The summed E-state index contributed by atoms with van der Waals surface area (Å²) < 4.78 is 18.1. The Labute approximate surface area is 175 Å². The molecule has 1 saturated heterocycles. The number of nitrogens with one attached hydrogen (secondary N) is 1. The fourth-order valence-corrected chi connectivity index (χ4v) is 3.77. The molecule has 1 N–H and O–H groups in total. The minimum atomic E-state index is -0.233. The lowest BCUT2D eigenvalue weighted by atomic mass is 10.1. The second-order valence-corrected chi connectivity index (χ2v) is 7.27. The van der Waals surface area contributed by atoms with E-state index in [1.807, 2.05) is 25.3 Å². The molecule has 4 rings (SSSR count). The lowest BCUT2D eigenvalue weighted by Crippen LogP contribution is -2.33. The number of rotatable bonds is 6. The Morgan fingerprint density at radius 2 is 2.20 bits per heavy atom. The average molecular weight is 413 g/mol. The molecule has 1 atom stereocenters. The molecule has 9 heteroatoms. The number of hydrogen-bond acceptors (Lipinski definition) is 7. The molecular formula is C21H27N5O4. The van der Waals surface area contributed by atoms with Crippen LogP contribution in [0.5, 0.6) is 5.95 Å². The fraction of sp³-hybridized carbons (Fsp3) is 0.476. The van der Waals surface area contributed by atoms with Gasteiger partial charge >= 0.3 is 6.09 Å². The summed E-state index contributed by atoms with van der Waals surface area (Å²) in [6.45, 7) is 4.10. The lowest BCUT2D eigenvalue weighted by Gasteiger charge is -2.20. The fourth-order valence-electron chi connectivity index (χ4n) is 3.77. The Morgan fingerprint density at radius 3 is 3.00 bits per heavy atom. The highest BCUT2D eigenvalue weighted by atomic mass is 16.6. The van der Waals surface area contributed by atoms with E-state index in [2.05, 4.69) is 14.9 Å². The molecule has 30 heavy (non-hydrogen) atoms. The number of ether oxygens (including phenoxy) is 2. The number of imidazole rings is 1. The molecule has 0 aliphatic carbocycles. The first-order valence-corrected chi connectivity index (χ1v) is 10.3. The van der Waals surface area contributed by atoms with Crippen LogP contribution in [0.15, 0.2) is 35.0 Å². The van der Waals surface area contributed by atoms with Crippen LogP contribution in [-0.2, 0) is 11.3 Å². The number of nitrogens with zero attached hydrogens (tertiary/aromatic N) is 4. The SMILES string of the molecule is CCOC(=O)N1CCCC(Nc2nc3ccncc3n2Cc2ccc(OC)o2)CC1. The van der Waals surface area contributed by atoms with Crippen molar-refractivity contribution in [3.8, 4) is 5.95 Å². The smallest absolute Gasteiger partial charge is 0.409 e. The molecule has 0 radical (unpaired) electrons. The molecule has 1 fully saturated rings. The number of anilines is 1. The molecule has 160 valence electrons. The van der Waals surface area contributed by atoms with Crippen molar-refractivity contribution in [1.29, 1.82) is 0 Å². The number of amides is 1. The summed E-state index contributed by atoms with van der Waals surface area (Å²) in [7, 11) is 1.58. The predicted molar refractivity (Wildman–Crippen MR) is 112 cm³/mol. The number of hydrogen-bond donors (Lipinski definition) is 1. The van der Waals surface area contributed by atoms with Crippen LogP contribution in [0.3, 0.4) is 0 Å². The van der Waals surface area contributed by atoms with Gasteiger partial charge in [-0.3, -0.25) is 4.98 Å². The van der Waals surface area contributed by atoms with Gasteiger partial charge in [0.05, 0.1) is 37.5 Å². The van der Waals surface area contributed by atoms with Crippen molar-refractivity contribution in [3.63, 3.8) is 0 Å². The molecule has 4 heterocycles. The largest absolute Gasteiger partial charge is 0.468 e.